The van der Waals surface area contributed by atoms with E-state index in [4.69, 9.17) is 0 Å². The molecule has 9 heteroatoms. The van der Waals surface area contributed by atoms with Crippen LogP contribution in [0, 0.1) is 0 Å². The molecule has 132 valence electrons. The number of nitrogens with zero attached hydrogens (tertiary/aromatic N) is 4. The molecule has 1 aromatic rings. The number of pyridine rings is 1. The second-order valence-electron chi connectivity index (χ2n) is 6.18. The summed E-state index contributed by atoms with van der Waals surface area (Å²) in [4.78, 5) is 20.5. The van der Waals surface area contributed by atoms with Crippen LogP contribution >= 0.6 is 0 Å². The maximum absolute atomic E-state index is 12.3. The van der Waals surface area contributed by atoms with Crippen LogP contribution in [0.2, 0.25) is 0 Å². The minimum absolute atomic E-state index is 0.223. The number of urea groups is 1. The molecular formula is C15H23N5O3S. The van der Waals surface area contributed by atoms with Crippen LogP contribution in [0.4, 0.5) is 16.3 Å². The molecule has 0 atom stereocenters. The molecule has 0 radical (unpaired) electrons. The van der Waals surface area contributed by atoms with Gasteiger partial charge in [-0.15, -0.1) is 0 Å². The number of sulfonamides is 1. The van der Waals surface area contributed by atoms with Gasteiger partial charge < -0.3 is 15.1 Å². The Kier molecular flexibility index (Phi) is 4.91. The molecular weight excluding hydrogens is 330 g/mol. The van der Waals surface area contributed by atoms with Gasteiger partial charge in [0.2, 0.25) is 10.0 Å². The van der Waals surface area contributed by atoms with Crippen molar-refractivity contribution < 1.29 is 13.2 Å². The molecule has 2 amide bonds. The van der Waals surface area contributed by atoms with Crippen LogP contribution in [0.1, 0.15) is 12.8 Å². The highest BCUT2D eigenvalue weighted by molar-refractivity contribution is 7.88. The fourth-order valence-electron chi connectivity index (χ4n) is 3.02. The van der Waals surface area contributed by atoms with Gasteiger partial charge in [-0.25, -0.2) is 18.2 Å². The van der Waals surface area contributed by atoms with Gasteiger partial charge in [-0.1, -0.05) is 0 Å². The van der Waals surface area contributed by atoms with Gasteiger partial charge in [0.15, 0.2) is 0 Å². The number of carbonyl (C=O) groups is 1. The molecule has 2 fully saturated rings. The summed E-state index contributed by atoms with van der Waals surface area (Å²) in [5, 5.41) is 2.82. The highest BCUT2D eigenvalue weighted by Gasteiger charge is 2.26. The lowest BCUT2D eigenvalue weighted by Gasteiger charge is -2.33. The lowest BCUT2D eigenvalue weighted by Crippen LogP contribution is -2.51. The molecule has 1 aromatic heterocycles. The molecule has 0 spiro atoms. The molecule has 0 bridgehead atoms. The normalized spacial score (nSPS) is 19.5. The first kappa shape index (κ1) is 17.0. The van der Waals surface area contributed by atoms with Gasteiger partial charge in [0.25, 0.3) is 0 Å². The maximum atomic E-state index is 12.3. The van der Waals surface area contributed by atoms with Crippen molar-refractivity contribution in [3.8, 4) is 0 Å². The first-order valence-electron chi connectivity index (χ1n) is 8.15. The van der Waals surface area contributed by atoms with E-state index in [-0.39, 0.29) is 6.03 Å². The van der Waals surface area contributed by atoms with Crippen molar-refractivity contribution in [2.45, 2.75) is 12.8 Å². The van der Waals surface area contributed by atoms with Gasteiger partial charge >= 0.3 is 6.03 Å². The van der Waals surface area contributed by atoms with Crippen molar-refractivity contribution >= 4 is 27.6 Å². The van der Waals surface area contributed by atoms with E-state index in [1.54, 1.807) is 11.1 Å². The smallest absolute Gasteiger partial charge is 0.321 e. The van der Waals surface area contributed by atoms with Crippen LogP contribution in [0.5, 0.6) is 0 Å². The Hall–Kier alpha value is -1.87. The minimum Gasteiger partial charge on any atom is -0.357 e. The summed E-state index contributed by atoms with van der Waals surface area (Å²) in [6, 6.07) is 3.55. The van der Waals surface area contributed by atoms with Crippen LogP contribution in [0.15, 0.2) is 18.3 Å². The predicted molar refractivity (Wildman–Crippen MR) is 92.7 cm³/mol. The predicted octanol–water partition coefficient (Wildman–Crippen LogP) is 0.791. The quantitative estimate of drug-likeness (QED) is 0.868. The van der Waals surface area contributed by atoms with Crippen LogP contribution < -0.4 is 10.2 Å². The van der Waals surface area contributed by atoms with Gasteiger partial charge in [0.05, 0.1) is 18.1 Å². The molecule has 2 aliphatic rings. The maximum Gasteiger partial charge on any atom is 0.321 e. The highest BCUT2D eigenvalue weighted by atomic mass is 32.2. The number of aromatic nitrogens is 1. The number of anilines is 2. The van der Waals surface area contributed by atoms with E-state index in [1.807, 2.05) is 12.1 Å². The fourth-order valence-corrected chi connectivity index (χ4v) is 3.85. The summed E-state index contributed by atoms with van der Waals surface area (Å²) in [5.41, 5.74) is 0.647. The number of carbonyl (C=O) groups excluding carboxylic acids is 1. The highest BCUT2D eigenvalue weighted by Crippen LogP contribution is 2.19. The largest absolute Gasteiger partial charge is 0.357 e. The summed E-state index contributed by atoms with van der Waals surface area (Å²) in [6.45, 7) is 3.50. The van der Waals surface area contributed by atoms with Crippen LogP contribution in [-0.4, -0.2) is 74.2 Å². The number of amides is 2. The van der Waals surface area contributed by atoms with E-state index < -0.39 is 10.0 Å². The second kappa shape index (κ2) is 6.94. The molecule has 0 saturated carbocycles. The zero-order valence-corrected chi connectivity index (χ0v) is 14.6. The molecule has 0 aliphatic carbocycles. The van der Waals surface area contributed by atoms with Crippen molar-refractivity contribution in [1.82, 2.24) is 14.2 Å². The lowest BCUT2D eigenvalue weighted by atomic mass is 10.3. The molecule has 3 heterocycles. The Balaban J connectivity index is 1.53. The van der Waals surface area contributed by atoms with Crippen molar-refractivity contribution in [2.75, 3.05) is 55.7 Å². The Morgan fingerprint density at radius 3 is 2.29 bits per heavy atom. The van der Waals surface area contributed by atoms with Crippen LogP contribution in [0.25, 0.3) is 0 Å². The van der Waals surface area contributed by atoms with Crippen LogP contribution in [0.3, 0.4) is 0 Å². The zero-order chi connectivity index (χ0) is 17.2. The first-order valence-corrected chi connectivity index (χ1v) is 10.0. The monoisotopic (exact) mass is 353 g/mol. The summed E-state index contributed by atoms with van der Waals surface area (Å²) in [6.07, 6.45) is 5.24. The van der Waals surface area contributed by atoms with E-state index in [9.17, 15) is 13.2 Å². The van der Waals surface area contributed by atoms with E-state index in [2.05, 4.69) is 15.2 Å². The van der Waals surface area contributed by atoms with Gasteiger partial charge in [0, 0.05) is 39.3 Å². The van der Waals surface area contributed by atoms with Crippen molar-refractivity contribution in [3.05, 3.63) is 18.3 Å². The molecule has 2 aliphatic heterocycles. The van der Waals surface area contributed by atoms with Gasteiger partial charge in [-0.05, 0) is 25.0 Å². The topological polar surface area (TPSA) is 85.8 Å². The Morgan fingerprint density at radius 1 is 1.08 bits per heavy atom. The lowest BCUT2D eigenvalue weighted by molar-refractivity contribution is 0.184. The summed E-state index contributed by atoms with van der Waals surface area (Å²) >= 11 is 0. The molecule has 0 aromatic carbocycles. The molecule has 1 N–H and O–H groups in total. The fraction of sp³-hybridized carbons (Fsp3) is 0.600. The number of piperazine rings is 1. The van der Waals surface area contributed by atoms with E-state index in [0.717, 1.165) is 18.9 Å². The molecule has 0 unspecified atom stereocenters. The second-order valence-corrected chi connectivity index (χ2v) is 8.16. The van der Waals surface area contributed by atoms with E-state index >= 15 is 0 Å². The number of hydrogen-bond donors (Lipinski definition) is 1. The Bertz CT molecular complexity index is 678. The minimum atomic E-state index is -3.19. The first-order chi connectivity index (χ1) is 11.4. The zero-order valence-electron chi connectivity index (χ0n) is 13.8. The van der Waals surface area contributed by atoms with Gasteiger partial charge in [0.1, 0.15) is 5.82 Å². The third-order valence-corrected chi connectivity index (χ3v) is 5.73. The van der Waals surface area contributed by atoms with Gasteiger partial charge in [-0.2, -0.15) is 4.31 Å². The van der Waals surface area contributed by atoms with Gasteiger partial charge in [-0.3, -0.25) is 0 Å². The molecule has 8 nitrogen and oxygen atoms in total. The summed E-state index contributed by atoms with van der Waals surface area (Å²) in [7, 11) is -3.19. The third kappa shape index (κ3) is 3.96. The average molecular weight is 353 g/mol. The Morgan fingerprint density at radius 2 is 1.75 bits per heavy atom. The standard InChI is InChI=1S/C15H23N5O3S/c1-24(22,23)20-10-8-19(9-11-20)15(21)17-13-4-5-14(16-12-13)18-6-2-3-7-18/h4-5,12H,2-3,6-11H2,1H3,(H,17,21). The Labute approximate surface area is 142 Å². The van der Waals surface area contributed by atoms with E-state index in [1.165, 1.54) is 23.4 Å². The van der Waals surface area contributed by atoms with Crippen molar-refractivity contribution in [1.29, 1.82) is 0 Å². The summed E-state index contributed by atoms with van der Waals surface area (Å²) in [5.74, 6) is 0.937. The van der Waals surface area contributed by atoms with E-state index in [0.29, 0.717) is 31.9 Å². The third-order valence-electron chi connectivity index (χ3n) is 4.42. The van der Waals surface area contributed by atoms with Crippen LogP contribution in [-0.2, 0) is 10.0 Å². The number of hydrogen-bond acceptors (Lipinski definition) is 5. The molecule has 3 rings (SSSR count). The average Bonchev–Trinajstić information content (AvgIpc) is 3.09. The SMILES string of the molecule is CS(=O)(=O)N1CCN(C(=O)Nc2ccc(N3CCCC3)nc2)CC1. The number of rotatable bonds is 3. The summed E-state index contributed by atoms with van der Waals surface area (Å²) < 4.78 is 24.4. The molecule has 24 heavy (non-hydrogen) atoms. The van der Waals surface area contributed by atoms with Crippen molar-refractivity contribution in [3.63, 3.8) is 0 Å². The number of nitrogens with one attached hydrogen (secondary N) is 1. The molecule has 2 saturated heterocycles. The van der Waals surface area contributed by atoms with Crippen molar-refractivity contribution in [2.24, 2.45) is 0 Å².